The predicted octanol–water partition coefficient (Wildman–Crippen LogP) is 5.29. The Bertz CT molecular complexity index is 1150. The predicted molar refractivity (Wildman–Crippen MR) is 132 cm³/mol. The van der Waals surface area contributed by atoms with E-state index in [1.54, 1.807) is 46.1 Å². The van der Waals surface area contributed by atoms with Crippen LogP contribution in [0, 0.1) is 11.8 Å². The van der Waals surface area contributed by atoms with Gasteiger partial charge in [0, 0.05) is 6.07 Å². The Labute approximate surface area is 203 Å². The van der Waals surface area contributed by atoms with Crippen LogP contribution in [0.25, 0.3) is 0 Å². The van der Waals surface area contributed by atoms with Gasteiger partial charge in [0.25, 0.3) is 0 Å². The average molecular weight is 476 g/mol. The van der Waals surface area contributed by atoms with Crippen molar-refractivity contribution in [3.05, 3.63) is 84.4 Å². The lowest BCUT2D eigenvalue weighted by Gasteiger charge is -2.18. The third kappa shape index (κ3) is 6.43. The molecule has 6 heteroatoms. The van der Waals surface area contributed by atoms with Crippen LogP contribution >= 0.6 is 0 Å². The summed E-state index contributed by atoms with van der Waals surface area (Å²) in [5, 5.41) is 0. The normalized spacial score (nSPS) is 10.7. The smallest absolute Gasteiger partial charge is 0.345 e. The van der Waals surface area contributed by atoms with Crippen LogP contribution in [0.1, 0.15) is 31.1 Å². The minimum Gasteiger partial charge on any atom is -0.491 e. The Hall–Kier alpha value is -3.69. The molecular formula is C28H27O5S+. The monoisotopic (exact) mass is 475 g/mol. The van der Waals surface area contributed by atoms with E-state index in [1.165, 1.54) is 0 Å². The van der Waals surface area contributed by atoms with E-state index < -0.39 is 35.0 Å². The number of rotatable bonds is 8. The van der Waals surface area contributed by atoms with E-state index in [-0.39, 0.29) is 0 Å². The standard InChI is InChI=1S/C28H27O5S/c1-5-18-28(2,3)33-26(29)20-32-27(30)21-16-17-24(31-4)25(19-21)34(22-12-8-6-9-13-22)23-14-10-7-11-15-23/h6-17,19H,20H2,1-4H3/q+1. The highest BCUT2D eigenvalue weighted by Crippen LogP contribution is 2.37. The fourth-order valence-electron chi connectivity index (χ4n) is 3.31. The number of benzene rings is 3. The lowest BCUT2D eigenvalue weighted by Crippen LogP contribution is -2.29. The Morgan fingerprint density at radius 1 is 0.912 bits per heavy atom. The van der Waals surface area contributed by atoms with Gasteiger partial charge in [0.2, 0.25) is 4.90 Å². The van der Waals surface area contributed by atoms with E-state index >= 15 is 0 Å². The zero-order valence-corrected chi connectivity index (χ0v) is 20.5. The third-order valence-electron chi connectivity index (χ3n) is 4.69. The van der Waals surface area contributed by atoms with E-state index in [4.69, 9.17) is 14.2 Å². The van der Waals surface area contributed by atoms with Crippen molar-refractivity contribution in [3.63, 3.8) is 0 Å². The molecule has 0 saturated carbocycles. The van der Waals surface area contributed by atoms with Gasteiger partial charge in [0.15, 0.2) is 27.7 Å². The minimum absolute atomic E-state index is 0.320. The Morgan fingerprint density at radius 3 is 2.03 bits per heavy atom. The maximum absolute atomic E-state index is 12.8. The molecule has 3 aromatic carbocycles. The van der Waals surface area contributed by atoms with Crippen LogP contribution in [0.5, 0.6) is 5.75 Å². The summed E-state index contributed by atoms with van der Waals surface area (Å²) in [6, 6.07) is 25.2. The van der Waals surface area contributed by atoms with Gasteiger partial charge in [-0.25, -0.2) is 9.59 Å². The summed E-state index contributed by atoms with van der Waals surface area (Å²) >= 11 is 0. The molecule has 0 unspecified atom stereocenters. The fourth-order valence-corrected chi connectivity index (χ4v) is 5.55. The summed E-state index contributed by atoms with van der Waals surface area (Å²) in [6.45, 7) is 4.51. The van der Waals surface area contributed by atoms with Gasteiger partial charge >= 0.3 is 11.9 Å². The molecule has 0 radical (unpaired) electrons. The number of esters is 2. The zero-order chi connectivity index (χ0) is 24.6. The van der Waals surface area contributed by atoms with Crippen molar-refractivity contribution in [3.8, 4) is 17.6 Å². The number of hydrogen-bond donors (Lipinski definition) is 0. The molecule has 0 aromatic heterocycles. The van der Waals surface area contributed by atoms with Gasteiger partial charge in [-0.3, -0.25) is 0 Å². The second kappa shape index (κ2) is 11.4. The van der Waals surface area contributed by atoms with Gasteiger partial charge in [0.1, 0.15) is 10.9 Å². The molecule has 0 aliphatic heterocycles. The van der Waals surface area contributed by atoms with E-state index in [0.29, 0.717) is 11.3 Å². The summed E-state index contributed by atoms with van der Waals surface area (Å²) in [4.78, 5) is 27.9. The van der Waals surface area contributed by atoms with Gasteiger partial charge in [-0.2, -0.15) is 0 Å². The molecule has 0 amide bonds. The maximum Gasteiger partial charge on any atom is 0.345 e. The highest BCUT2D eigenvalue weighted by atomic mass is 32.2. The van der Waals surface area contributed by atoms with Crippen molar-refractivity contribution in [1.82, 2.24) is 0 Å². The van der Waals surface area contributed by atoms with Crippen molar-refractivity contribution < 1.29 is 23.8 Å². The minimum atomic E-state index is -0.953. The van der Waals surface area contributed by atoms with Crippen LogP contribution in [-0.2, 0) is 25.2 Å². The van der Waals surface area contributed by atoms with Crippen LogP contribution in [0.15, 0.2) is 93.5 Å². The van der Waals surface area contributed by atoms with Gasteiger partial charge in [-0.15, -0.1) is 5.92 Å². The Kier molecular flexibility index (Phi) is 8.39. The molecule has 174 valence electrons. The van der Waals surface area contributed by atoms with E-state index in [0.717, 1.165) is 14.7 Å². The second-order valence-electron chi connectivity index (χ2n) is 7.73. The fraction of sp³-hybridized carbons (Fsp3) is 0.214. The zero-order valence-electron chi connectivity index (χ0n) is 19.7. The number of carbonyl (C=O) groups is 2. The molecule has 0 spiro atoms. The van der Waals surface area contributed by atoms with Gasteiger partial charge in [-0.1, -0.05) is 42.3 Å². The van der Waals surface area contributed by atoms with Gasteiger partial charge in [0.05, 0.1) is 12.7 Å². The first-order valence-corrected chi connectivity index (χ1v) is 11.9. The maximum atomic E-state index is 12.8. The van der Waals surface area contributed by atoms with Crippen molar-refractivity contribution >= 4 is 22.8 Å². The molecular weight excluding hydrogens is 448 g/mol. The molecule has 0 aliphatic carbocycles. The molecule has 34 heavy (non-hydrogen) atoms. The molecule has 0 saturated heterocycles. The number of hydrogen-bond acceptors (Lipinski definition) is 5. The Balaban J connectivity index is 1.89. The molecule has 0 heterocycles. The molecule has 5 nitrogen and oxygen atoms in total. The molecule has 0 atom stereocenters. The summed E-state index contributed by atoms with van der Waals surface area (Å²) in [5.74, 6) is 4.88. The molecule has 3 aromatic rings. The van der Waals surface area contributed by atoms with Crippen LogP contribution < -0.4 is 4.74 Å². The molecule has 0 bridgehead atoms. The van der Waals surface area contributed by atoms with Crippen molar-refractivity contribution in [2.75, 3.05) is 13.7 Å². The van der Waals surface area contributed by atoms with Gasteiger partial charge < -0.3 is 14.2 Å². The summed E-state index contributed by atoms with van der Waals surface area (Å²) < 4.78 is 16.2. The highest BCUT2D eigenvalue weighted by Gasteiger charge is 2.33. The molecule has 0 N–H and O–H groups in total. The van der Waals surface area contributed by atoms with Gasteiger partial charge in [-0.05, 0) is 57.2 Å². The summed E-state index contributed by atoms with van der Waals surface area (Å²) in [5.41, 5.74) is -0.633. The van der Waals surface area contributed by atoms with E-state index in [2.05, 4.69) is 36.1 Å². The number of methoxy groups -OCH3 is 1. The Morgan fingerprint density at radius 2 is 1.50 bits per heavy atom. The van der Waals surface area contributed by atoms with Crippen LogP contribution in [0.2, 0.25) is 0 Å². The van der Waals surface area contributed by atoms with E-state index in [9.17, 15) is 9.59 Å². The molecule has 0 aliphatic rings. The van der Waals surface area contributed by atoms with E-state index in [1.807, 2.05) is 36.4 Å². The summed E-state index contributed by atoms with van der Waals surface area (Å²) in [7, 11) is 1.08. The number of carbonyl (C=O) groups excluding carboxylic acids is 2. The quantitative estimate of drug-likeness (QED) is 0.252. The van der Waals surface area contributed by atoms with Crippen molar-refractivity contribution in [1.29, 1.82) is 0 Å². The molecule has 3 rings (SSSR count). The molecule has 0 fully saturated rings. The first-order chi connectivity index (χ1) is 16.3. The topological polar surface area (TPSA) is 61.8 Å². The van der Waals surface area contributed by atoms with Crippen molar-refractivity contribution in [2.45, 2.75) is 41.1 Å². The first kappa shape index (κ1) is 24.9. The van der Waals surface area contributed by atoms with Crippen molar-refractivity contribution in [2.24, 2.45) is 0 Å². The first-order valence-electron chi connectivity index (χ1n) is 10.7. The van der Waals surface area contributed by atoms with Crippen LogP contribution in [-0.4, -0.2) is 31.3 Å². The highest BCUT2D eigenvalue weighted by molar-refractivity contribution is 7.97. The third-order valence-corrected chi connectivity index (χ3v) is 6.94. The largest absolute Gasteiger partial charge is 0.491 e. The summed E-state index contributed by atoms with van der Waals surface area (Å²) in [6.07, 6.45) is 0. The average Bonchev–Trinajstić information content (AvgIpc) is 2.83. The number of ether oxygens (including phenoxy) is 3. The lowest BCUT2D eigenvalue weighted by atomic mass is 10.1. The second-order valence-corrected chi connectivity index (χ2v) is 9.73. The lowest BCUT2D eigenvalue weighted by molar-refractivity contribution is -0.155. The SMILES string of the molecule is CC#CC(C)(C)OC(=O)COC(=O)c1ccc(OC)c([S+](c2ccccc2)c2ccccc2)c1. The van der Waals surface area contributed by atoms with Crippen LogP contribution in [0.4, 0.5) is 0 Å². The van der Waals surface area contributed by atoms with Crippen LogP contribution in [0.3, 0.4) is 0 Å².